The minimum Gasteiger partial charge on any atom is -0.469 e. The van der Waals surface area contributed by atoms with E-state index in [-0.39, 0.29) is 0 Å². The SMILES string of the molecule is CCc1ncc(CNC2CCCc3occc32)s1. The lowest BCUT2D eigenvalue weighted by atomic mass is 9.93. The fourth-order valence-corrected chi connectivity index (χ4v) is 3.33. The van der Waals surface area contributed by atoms with Gasteiger partial charge in [-0.25, -0.2) is 4.98 Å². The molecule has 4 heteroatoms. The lowest BCUT2D eigenvalue weighted by Crippen LogP contribution is -2.23. The molecule has 18 heavy (non-hydrogen) atoms. The van der Waals surface area contributed by atoms with E-state index < -0.39 is 0 Å². The number of furan rings is 1. The van der Waals surface area contributed by atoms with Crippen molar-refractivity contribution in [2.24, 2.45) is 0 Å². The van der Waals surface area contributed by atoms with E-state index >= 15 is 0 Å². The molecule has 96 valence electrons. The maximum absolute atomic E-state index is 5.51. The smallest absolute Gasteiger partial charge is 0.108 e. The predicted molar refractivity (Wildman–Crippen MR) is 72.7 cm³/mol. The van der Waals surface area contributed by atoms with Gasteiger partial charge in [0.1, 0.15) is 5.76 Å². The van der Waals surface area contributed by atoms with Crippen LogP contribution in [0.15, 0.2) is 22.9 Å². The summed E-state index contributed by atoms with van der Waals surface area (Å²) in [5.74, 6) is 1.16. The van der Waals surface area contributed by atoms with Crippen molar-refractivity contribution < 1.29 is 4.42 Å². The second-order valence-electron chi connectivity index (χ2n) is 4.70. The third kappa shape index (κ3) is 2.35. The first-order chi connectivity index (χ1) is 8.86. The maximum atomic E-state index is 5.51. The molecule has 0 bridgehead atoms. The number of fused-ring (bicyclic) bond motifs is 1. The molecule has 3 nitrogen and oxygen atoms in total. The molecule has 0 radical (unpaired) electrons. The Hall–Kier alpha value is -1.13. The van der Waals surface area contributed by atoms with Gasteiger partial charge in [0.2, 0.25) is 0 Å². The molecule has 0 amide bonds. The summed E-state index contributed by atoms with van der Waals surface area (Å²) in [6.45, 7) is 3.06. The molecule has 1 aliphatic carbocycles. The van der Waals surface area contributed by atoms with Gasteiger partial charge in [-0.05, 0) is 25.3 Å². The monoisotopic (exact) mass is 262 g/mol. The molecule has 0 aromatic carbocycles. The zero-order valence-electron chi connectivity index (χ0n) is 10.6. The van der Waals surface area contributed by atoms with Crippen molar-refractivity contribution in [3.8, 4) is 0 Å². The Balaban J connectivity index is 1.64. The number of aryl methyl sites for hydroxylation is 2. The number of rotatable bonds is 4. The predicted octanol–water partition coefficient (Wildman–Crippen LogP) is 3.47. The topological polar surface area (TPSA) is 38.1 Å². The summed E-state index contributed by atoms with van der Waals surface area (Å²) in [6, 6.07) is 2.55. The quantitative estimate of drug-likeness (QED) is 0.917. The van der Waals surface area contributed by atoms with Crippen LogP contribution in [0.1, 0.15) is 47.0 Å². The van der Waals surface area contributed by atoms with Crippen LogP contribution >= 0.6 is 11.3 Å². The summed E-state index contributed by atoms with van der Waals surface area (Å²) in [4.78, 5) is 5.71. The molecule has 0 spiro atoms. The number of aromatic nitrogens is 1. The first-order valence-corrected chi connectivity index (χ1v) is 7.41. The highest BCUT2D eigenvalue weighted by molar-refractivity contribution is 7.11. The number of thiazole rings is 1. The molecule has 1 aliphatic rings. The van der Waals surface area contributed by atoms with Gasteiger partial charge in [0.15, 0.2) is 0 Å². The van der Waals surface area contributed by atoms with Crippen LogP contribution in [-0.4, -0.2) is 4.98 Å². The van der Waals surface area contributed by atoms with Crippen molar-refractivity contribution in [2.45, 2.75) is 45.2 Å². The van der Waals surface area contributed by atoms with E-state index in [1.807, 2.05) is 23.8 Å². The maximum Gasteiger partial charge on any atom is 0.108 e. The molecule has 0 fully saturated rings. The van der Waals surface area contributed by atoms with E-state index in [9.17, 15) is 0 Å². The van der Waals surface area contributed by atoms with Gasteiger partial charge in [0.25, 0.3) is 0 Å². The summed E-state index contributed by atoms with van der Waals surface area (Å²) in [5.41, 5.74) is 1.35. The Bertz CT molecular complexity index is 517. The molecule has 2 heterocycles. The van der Waals surface area contributed by atoms with Crippen LogP contribution in [0.2, 0.25) is 0 Å². The first-order valence-electron chi connectivity index (χ1n) is 6.60. The van der Waals surface area contributed by atoms with Crippen molar-refractivity contribution in [1.82, 2.24) is 10.3 Å². The van der Waals surface area contributed by atoms with Crippen LogP contribution < -0.4 is 5.32 Å². The van der Waals surface area contributed by atoms with Crippen LogP contribution in [0.5, 0.6) is 0 Å². The highest BCUT2D eigenvalue weighted by atomic mass is 32.1. The molecule has 3 rings (SSSR count). The average molecular weight is 262 g/mol. The molecular formula is C14H18N2OS. The van der Waals surface area contributed by atoms with E-state index in [1.54, 1.807) is 0 Å². The van der Waals surface area contributed by atoms with E-state index in [4.69, 9.17) is 4.42 Å². The lowest BCUT2D eigenvalue weighted by Gasteiger charge is -2.22. The molecule has 0 saturated carbocycles. The normalized spacial score (nSPS) is 18.8. The zero-order chi connectivity index (χ0) is 12.4. The third-order valence-corrected chi connectivity index (χ3v) is 4.62. The standard InChI is InChI=1S/C14H18N2OS/c1-2-14-16-9-10(18-14)8-15-12-4-3-5-13-11(12)6-7-17-13/h6-7,9,12,15H,2-5,8H2,1H3. The largest absolute Gasteiger partial charge is 0.469 e. The van der Waals surface area contributed by atoms with Crippen molar-refractivity contribution in [1.29, 1.82) is 0 Å². The van der Waals surface area contributed by atoms with E-state index in [1.165, 1.54) is 28.3 Å². The summed E-state index contributed by atoms with van der Waals surface area (Å²) < 4.78 is 5.51. The fraction of sp³-hybridized carbons (Fsp3) is 0.500. The molecular weight excluding hydrogens is 244 g/mol. The molecule has 1 N–H and O–H groups in total. The van der Waals surface area contributed by atoms with Gasteiger partial charge in [0, 0.05) is 35.6 Å². The third-order valence-electron chi connectivity index (χ3n) is 3.48. The number of hydrogen-bond acceptors (Lipinski definition) is 4. The van der Waals surface area contributed by atoms with Crippen LogP contribution in [0.4, 0.5) is 0 Å². The van der Waals surface area contributed by atoms with Crippen LogP contribution in [0.3, 0.4) is 0 Å². The van der Waals surface area contributed by atoms with Gasteiger partial charge < -0.3 is 9.73 Å². The van der Waals surface area contributed by atoms with Crippen molar-refractivity contribution in [2.75, 3.05) is 0 Å². The van der Waals surface area contributed by atoms with Gasteiger partial charge in [-0.2, -0.15) is 0 Å². The van der Waals surface area contributed by atoms with E-state index in [2.05, 4.69) is 23.3 Å². The summed E-state index contributed by atoms with van der Waals surface area (Å²) in [6.07, 6.45) is 8.33. The molecule has 1 unspecified atom stereocenters. The fourth-order valence-electron chi connectivity index (χ4n) is 2.52. The summed E-state index contributed by atoms with van der Waals surface area (Å²) >= 11 is 1.81. The molecule has 1 atom stereocenters. The average Bonchev–Trinajstić information content (AvgIpc) is 3.05. The van der Waals surface area contributed by atoms with Gasteiger partial charge in [0.05, 0.1) is 11.3 Å². The molecule has 0 saturated heterocycles. The highest BCUT2D eigenvalue weighted by Crippen LogP contribution is 2.30. The van der Waals surface area contributed by atoms with Gasteiger partial charge in [-0.3, -0.25) is 0 Å². The Kier molecular flexibility index (Phi) is 3.48. The number of hydrogen-bond donors (Lipinski definition) is 1. The minimum atomic E-state index is 0.444. The van der Waals surface area contributed by atoms with Crippen molar-refractivity contribution >= 4 is 11.3 Å². The second kappa shape index (κ2) is 5.24. The summed E-state index contributed by atoms with van der Waals surface area (Å²) in [5, 5.41) is 4.85. The first kappa shape index (κ1) is 11.9. The Morgan fingerprint density at radius 3 is 3.33 bits per heavy atom. The van der Waals surface area contributed by atoms with Gasteiger partial charge >= 0.3 is 0 Å². The lowest BCUT2D eigenvalue weighted by molar-refractivity contribution is 0.411. The van der Waals surface area contributed by atoms with Crippen molar-refractivity contribution in [3.63, 3.8) is 0 Å². The van der Waals surface area contributed by atoms with Crippen LogP contribution in [0, 0.1) is 0 Å². The minimum absolute atomic E-state index is 0.444. The highest BCUT2D eigenvalue weighted by Gasteiger charge is 2.22. The Labute approximate surface area is 111 Å². The molecule has 2 aromatic heterocycles. The number of nitrogens with zero attached hydrogens (tertiary/aromatic N) is 1. The van der Waals surface area contributed by atoms with E-state index in [0.29, 0.717) is 6.04 Å². The van der Waals surface area contributed by atoms with E-state index in [0.717, 1.165) is 25.1 Å². The van der Waals surface area contributed by atoms with Crippen molar-refractivity contribution in [3.05, 3.63) is 39.7 Å². The van der Waals surface area contributed by atoms with Crippen LogP contribution in [0.25, 0.3) is 0 Å². The van der Waals surface area contributed by atoms with Crippen LogP contribution in [-0.2, 0) is 19.4 Å². The summed E-state index contributed by atoms with van der Waals surface area (Å²) in [7, 11) is 0. The Morgan fingerprint density at radius 1 is 1.56 bits per heavy atom. The molecule has 0 aliphatic heterocycles. The molecule has 2 aromatic rings. The zero-order valence-corrected chi connectivity index (χ0v) is 11.4. The van der Waals surface area contributed by atoms with Gasteiger partial charge in [-0.1, -0.05) is 6.92 Å². The second-order valence-corrected chi connectivity index (χ2v) is 5.90. The Morgan fingerprint density at radius 2 is 2.50 bits per heavy atom. The number of nitrogens with one attached hydrogen (secondary N) is 1. The van der Waals surface area contributed by atoms with Gasteiger partial charge in [-0.15, -0.1) is 11.3 Å².